The highest BCUT2D eigenvalue weighted by molar-refractivity contribution is 5.96. The number of benzene rings is 1. The zero-order valence-electron chi connectivity index (χ0n) is 26.1. The molecule has 0 bridgehead atoms. The average Bonchev–Trinajstić information content (AvgIpc) is 3.68. The van der Waals surface area contributed by atoms with E-state index in [1.54, 1.807) is 23.1 Å². The third kappa shape index (κ3) is 8.62. The lowest BCUT2D eigenvalue weighted by Crippen LogP contribution is -2.45. The number of fused-ring (bicyclic) bond motifs is 1. The molecule has 46 heavy (non-hydrogen) atoms. The predicted molar refractivity (Wildman–Crippen MR) is 172 cm³/mol. The van der Waals surface area contributed by atoms with Crippen molar-refractivity contribution in [3.05, 3.63) is 76.4 Å². The summed E-state index contributed by atoms with van der Waals surface area (Å²) in [6, 6.07) is 9.20. The lowest BCUT2D eigenvalue weighted by Gasteiger charge is -2.18. The van der Waals surface area contributed by atoms with Crippen LogP contribution in [0.2, 0.25) is 0 Å². The Labute approximate surface area is 266 Å². The van der Waals surface area contributed by atoms with Crippen molar-refractivity contribution in [3.8, 4) is 0 Å². The van der Waals surface area contributed by atoms with Crippen molar-refractivity contribution in [2.45, 2.75) is 58.5 Å². The molecule has 246 valence electrons. The van der Waals surface area contributed by atoms with E-state index in [1.165, 1.54) is 27.5 Å². The number of aromatic nitrogens is 2. The number of likely N-dealkylation sites (tertiary alicyclic amines) is 1. The van der Waals surface area contributed by atoms with Crippen LogP contribution >= 0.6 is 0 Å². The van der Waals surface area contributed by atoms with Gasteiger partial charge in [0, 0.05) is 24.7 Å². The monoisotopic (exact) mass is 635 g/mol. The van der Waals surface area contributed by atoms with Gasteiger partial charge in [0.1, 0.15) is 18.3 Å². The fourth-order valence-corrected chi connectivity index (χ4v) is 5.56. The first-order chi connectivity index (χ1) is 22.1. The number of carbonyl (C=O) groups is 4. The normalized spacial score (nSPS) is 13.8. The largest absolute Gasteiger partial charge is 0.464 e. The Morgan fingerprint density at radius 2 is 1.85 bits per heavy atom. The molecule has 1 aliphatic heterocycles. The Kier molecular flexibility index (Phi) is 11.7. The molecule has 0 saturated carbocycles. The molecule has 3 aromatic rings. The van der Waals surface area contributed by atoms with E-state index in [2.05, 4.69) is 24.5 Å². The van der Waals surface area contributed by atoms with Crippen LogP contribution in [0.1, 0.15) is 50.8 Å². The van der Waals surface area contributed by atoms with E-state index < -0.39 is 36.3 Å². The van der Waals surface area contributed by atoms with Crippen molar-refractivity contribution in [1.29, 1.82) is 0 Å². The van der Waals surface area contributed by atoms with Gasteiger partial charge in [-0.2, -0.15) is 0 Å². The number of anilines is 1. The van der Waals surface area contributed by atoms with E-state index in [4.69, 9.17) is 9.84 Å². The van der Waals surface area contributed by atoms with Gasteiger partial charge in [-0.3, -0.25) is 14.4 Å². The molecule has 0 spiro atoms. The number of aliphatic hydroxyl groups excluding tert-OH is 1. The molecule has 2 aromatic heterocycles. The maximum Gasteiger partial charge on any atom is 0.416 e. The number of para-hydroxylation sites is 1. The van der Waals surface area contributed by atoms with Gasteiger partial charge in [0.15, 0.2) is 0 Å². The van der Waals surface area contributed by atoms with Gasteiger partial charge in [-0.05, 0) is 67.9 Å². The van der Waals surface area contributed by atoms with Gasteiger partial charge in [0.05, 0.1) is 24.4 Å². The molecule has 0 radical (unpaired) electrons. The third-order valence-corrected chi connectivity index (χ3v) is 7.65. The standard InChI is InChI=1S/C33H41N5O8/c1-22(2)19-23-9-7-10-24-20-25(38(29(23)24)33(44)45)21-37-16-8-12-27(31(37)42)34-30(41)26(35-32(43)46-18-17-39)11-3-4-13-28(40)36-14-5-6-15-36/h4,7-10,12-13,16,20,22,26,39H,3,5-6,11,14-15,17-19,21H2,1-2H3,(H,34,41)(H,35,43)(H,44,45). The lowest BCUT2D eigenvalue weighted by atomic mass is 10.0. The Hall–Kier alpha value is -4.91. The van der Waals surface area contributed by atoms with Gasteiger partial charge < -0.3 is 35.1 Å². The van der Waals surface area contributed by atoms with E-state index in [-0.39, 0.29) is 37.6 Å². The minimum atomic E-state index is -1.17. The van der Waals surface area contributed by atoms with Crippen molar-refractivity contribution in [3.63, 3.8) is 0 Å². The molecule has 1 unspecified atom stereocenters. The number of pyridine rings is 1. The van der Waals surface area contributed by atoms with Crippen LogP contribution in [-0.2, 0) is 27.3 Å². The average molecular weight is 636 g/mol. The first kappa shape index (κ1) is 34.0. The summed E-state index contributed by atoms with van der Waals surface area (Å²) in [7, 11) is 0. The van der Waals surface area contributed by atoms with Crippen molar-refractivity contribution in [1.82, 2.24) is 19.4 Å². The number of amides is 3. The van der Waals surface area contributed by atoms with Crippen LogP contribution in [0, 0.1) is 5.92 Å². The van der Waals surface area contributed by atoms with E-state index in [9.17, 15) is 29.1 Å². The van der Waals surface area contributed by atoms with Gasteiger partial charge >= 0.3 is 12.2 Å². The molecule has 0 aliphatic carbocycles. The SMILES string of the molecule is CC(C)Cc1cccc2cc(Cn3cccc(NC(=O)C(CCC=CC(=O)N4CCCC4)NC(=O)OCCO)c3=O)n(C(=O)O)c12. The van der Waals surface area contributed by atoms with E-state index in [0.717, 1.165) is 23.8 Å². The highest BCUT2D eigenvalue weighted by atomic mass is 16.6. The van der Waals surface area contributed by atoms with Gasteiger partial charge in [0.2, 0.25) is 11.8 Å². The number of aliphatic hydroxyl groups is 1. The number of nitrogens with zero attached hydrogens (tertiary/aromatic N) is 3. The number of alkyl carbamates (subject to hydrolysis) is 1. The Balaban J connectivity index is 1.53. The van der Waals surface area contributed by atoms with Gasteiger partial charge in [0.25, 0.3) is 5.56 Å². The van der Waals surface area contributed by atoms with Crippen LogP contribution < -0.4 is 16.2 Å². The summed E-state index contributed by atoms with van der Waals surface area (Å²) in [6.07, 6.45) is 5.47. The number of allylic oxidation sites excluding steroid dienone is 1. The van der Waals surface area contributed by atoms with Gasteiger partial charge in [-0.15, -0.1) is 0 Å². The molecule has 13 heteroatoms. The molecule has 4 rings (SSSR count). The number of hydrogen-bond acceptors (Lipinski definition) is 7. The molecule has 1 aliphatic rings. The molecule has 1 atom stereocenters. The van der Waals surface area contributed by atoms with Crippen molar-refractivity contribution in [2.24, 2.45) is 5.92 Å². The lowest BCUT2D eigenvalue weighted by molar-refractivity contribution is -0.125. The predicted octanol–water partition coefficient (Wildman–Crippen LogP) is 3.56. The van der Waals surface area contributed by atoms with Crippen molar-refractivity contribution in [2.75, 3.05) is 31.6 Å². The highest BCUT2D eigenvalue weighted by Gasteiger charge is 2.23. The quantitative estimate of drug-likeness (QED) is 0.207. The van der Waals surface area contributed by atoms with Gasteiger partial charge in [-0.1, -0.05) is 38.1 Å². The van der Waals surface area contributed by atoms with E-state index >= 15 is 0 Å². The Bertz CT molecular complexity index is 1650. The first-order valence-electron chi connectivity index (χ1n) is 15.4. The molecule has 3 heterocycles. The Morgan fingerprint density at radius 3 is 2.54 bits per heavy atom. The molecular formula is C33H41N5O8. The minimum absolute atomic E-state index is 0.0683. The molecule has 13 nitrogen and oxygen atoms in total. The summed E-state index contributed by atoms with van der Waals surface area (Å²) >= 11 is 0. The maximum atomic E-state index is 13.5. The summed E-state index contributed by atoms with van der Waals surface area (Å²) in [5.41, 5.74) is 1.21. The zero-order valence-corrected chi connectivity index (χ0v) is 26.1. The van der Waals surface area contributed by atoms with Crippen LogP contribution in [0.5, 0.6) is 0 Å². The van der Waals surface area contributed by atoms with Crippen LogP contribution in [-0.4, -0.2) is 80.6 Å². The Morgan fingerprint density at radius 1 is 1.09 bits per heavy atom. The number of rotatable bonds is 13. The number of carboxylic acid groups (broad SMARTS) is 1. The molecule has 1 fully saturated rings. The second kappa shape index (κ2) is 15.9. The van der Waals surface area contributed by atoms with E-state index in [0.29, 0.717) is 36.6 Å². The smallest absolute Gasteiger partial charge is 0.416 e. The first-order valence-corrected chi connectivity index (χ1v) is 15.4. The van der Waals surface area contributed by atoms with Crippen molar-refractivity contribution < 1.29 is 34.1 Å². The number of hydrogen-bond donors (Lipinski definition) is 4. The van der Waals surface area contributed by atoms with Crippen LogP contribution in [0.25, 0.3) is 10.9 Å². The van der Waals surface area contributed by atoms with Gasteiger partial charge in [-0.25, -0.2) is 14.2 Å². The summed E-state index contributed by atoms with van der Waals surface area (Å²) in [6.45, 7) is 4.79. The molecular weight excluding hydrogens is 594 g/mol. The molecule has 1 saturated heterocycles. The highest BCUT2D eigenvalue weighted by Crippen LogP contribution is 2.26. The zero-order chi connectivity index (χ0) is 33.2. The molecule has 4 N–H and O–H groups in total. The summed E-state index contributed by atoms with van der Waals surface area (Å²) in [5, 5.41) is 24.9. The van der Waals surface area contributed by atoms with Crippen LogP contribution in [0.3, 0.4) is 0 Å². The fourth-order valence-electron chi connectivity index (χ4n) is 5.56. The second-order valence-corrected chi connectivity index (χ2v) is 11.6. The number of nitrogens with one attached hydrogen (secondary N) is 2. The summed E-state index contributed by atoms with van der Waals surface area (Å²) < 4.78 is 7.35. The summed E-state index contributed by atoms with van der Waals surface area (Å²) in [5.74, 6) is -0.498. The van der Waals surface area contributed by atoms with Crippen molar-refractivity contribution >= 4 is 40.6 Å². The van der Waals surface area contributed by atoms with Crippen LogP contribution in [0.4, 0.5) is 15.3 Å². The maximum absolute atomic E-state index is 13.5. The van der Waals surface area contributed by atoms with Crippen LogP contribution in [0.15, 0.2) is 59.5 Å². The third-order valence-electron chi connectivity index (χ3n) is 7.65. The minimum Gasteiger partial charge on any atom is -0.464 e. The number of carbonyl (C=O) groups excluding carboxylic acids is 3. The summed E-state index contributed by atoms with van der Waals surface area (Å²) in [4.78, 5) is 65.4. The topological polar surface area (TPSA) is 172 Å². The number of ether oxygens (including phenoxy) is 1. The fraction of sp³-hybridized carbons (Fsp3) is 0.424. The second-order valence-electron chi connectivity index (χ2n) is 11.6. The molecule has 3 amide bonds. The molecule has 1 aromatic carbocycles. The van der Waals surface area contributed by atoms with E-state index in [1.807, 2.05) is 18.2 Å².